The number of phenolic OH excluding ortho intramolecular Hbond substituents is 1. The van der Waals surface area contributed by atoms with Crippen LogP contribution in [0.5, 0.6) is 5.75 Å². The second-order valence-corrected chi connectivity index (χ2v) is 6.20. The number of aromatic hydroxyl groups is 1. The van der Waals surface area contributed by atoms with Gasteiger partial charge in [0.2, 0.25) is 0 Å². The van der Waals surface area contributed by atoms with Gasteiger partial charge < -0.3 is 5.11 Å². The van der Waals surface area contributed by atoms with Gasteiger partial charge in [-0.05, 0) is 42.0 Å². The van der Waals surface area contributed by atoms with Gasteiger partial charge in [-0.25, -0.2) is 5.43 Å². The second kappa shape index (κ2) is 6.88. The molecule has 0 bridgehead atoms. The molecule has 0 aliphatic carbocycles. The summed E-state index contributed by atoms with van der Waals surface area (Å²) in [6, 6.07) is 20.3. The predicted octanol–water partition coefficient (Wildman–Crippen LogP) is 4.25. The SMILES string of the molecule is C/C(=N\NC(=O)c1cccc2ccccc12)c1ccc(O)c2ncccc12. The van der Waals surface area contributed by atoms with Crippen LogP contribution >= 0.6 is 0 Å². The lowest BCUT2D eigenvalue weighted by Gasteiger charge is -2.08. The molecule has 1 heterocycles. The van der Waals surface area contributed by atoms with Crippen LogP contribution in [0.25, 0.3) is 21.7 Å². The van der Waals surface area contributed by atoms with Crippen LogP contribution in [0.4, 0.5) is 0 Å². The first-order valence-electron chi connectivity index (χ1n) is 8.54. The molecule has 5 heteroatoms. The van der Waals surface area contributed by atoms with Crippen LogP contribution < -0.4 is 5.43 Å². The molecule has 0 fully saturated rings. The van der Waals surface area contributed by atoms with Crippen molar-refractivity contribution < 1.29 is 9.90 Å². The van der Waals surface area contributed by atoms with E-state index < -0.39 is 0 Å². The summed E-state index contributed by atoms with van der Waals surface area (Å²) in [4.78, 5) is 16.9. The molecule has 5 nitrogen and oxygen atoms in total. The molecule has 0 radical (unpaired) electrons. The maximum Gasteiger partial charge on any atom is 0.272 e. The molecule has 4 aromatic rings. The van der Waals surface area contributed by atoms with Crippen LogP contribution in [-0.2, 0) is 0 Å². The van der Waals surface area contributed by atoms with E-state index in [1.165, 1.54) is 0 Å². The number of aromatic nitrogens is 1. The summed E-state index contributed by atoms with van der Waals surface area (Å²) in [5.74, 6) is -0.158. The molecule has 0 aliphatic rings. The molecule has 0 saturated carbocycles. The van der Waals surface area contributed by atoms with Crippen molar-refractivity contribution in [3.63, 3.8) is 0 Å². The van der Waals surface area contributed by atoms with Gasteiger partial charge >= 0.3 is 0 Å². The Hall–Kier alpha value is -3.73. The highest BCUT2D eigenvalue weighted by Crippen LogP contribution is 2.26. The van der Waals surface area contributed by atoms with Crippen molar-refractivity contribution in [2.45, 2.75) is 6.92 Å². The minimum Gasteiger partial charge on any atom is -0.506 e. The Balaban J connectivity index is 1.67. The molecule has 1 aromatic heterocycles. The van der Waals surface area contributed by atoms with Crippen LogP contribution in [0.3, 0.4) is 0 Å². The normalized spacial score (nSPS) is 11.7. The third kappa shape index (κ3) is 3.11. The number of pyridine rings is 1. The zero-order valence-corrected chi connectivity index (χ0v) is 14.7. The average Bonchev–Trinajstić information content (AvgIpc) is 2.72. The van der Waals surface area contributed by atoms with Crippen molar-refractivity contribution in [1.82, 2.24) is 10.4 Å². The lowest BCUT2D eigenvalue weighted by atomic mass is 10.0. The highest BCUT2D eigenvalue weighted by atomic mass is 16.3. The molecule has 4 rings (SSSR count). The number of fused-ring (bicyclic) bond motifs is 2. The van der Waals surface area contributed by atoms with Crippen molar-refractivity contribution in [3.8, 4) is 5.75 Å². The number of amides is 1. The Morgan fingerprint density at radius 2 is 1.70 bits per heavy atom. The molecule has 3 aromatic carbocycles. The summed E-state index contributed by atoms with van der Waals surface area (Å²) in [6.45, 7) is 1.81. The van der Waals surface area contributed by atoms with Crippen LogP contribution in [0.2, 0.25) is 0 Å². The summed E-state index contributed by atoms with van der Waals surface area (Å²) in [7, 11) is 0. The van der Waals surface area contributed by atoms with Crippen molar-refractivity contribution >= 4 is 33.3 Å². The number of rotatable bonds is 3. The number of nitrogens with zero attached hydrogens (tertiary/aromatic N) is 2. The highest BCUT2D eigenvalue weighted by molar-refractivity contribution is 6.11. The molecular formula is C22H17N3O2. The number of phenols is 1. The molecule has 0 spiro atoms. The molecule has 132 valence electrons. The number of hydrogen-bond donors (Lipinski definition) is 2. The Bertz CT molecular complexity index is 1190. The van der Waals surface area contributed by atoms with Gasteiger partial charge in [0.15, 0.2) is 0 Å². The summed E-state index contributed by atoms with van der Waals surface area (Å²) in [5.41, 5.74) is 5.14. The van der Waals surface area contributed by atoms with E-state index in [1.807, 2.05) is 49.4 Å². The number of nitrogens with one attached hydrogen (secondary N) is 1. The van der Waals surface area contributed by atoms with E-state index in [4.69, 9.17) is 0 Å². The van der Waals surface area contributed by atoms with Gasteiger partial charge in [0.25, 0.3) is 5.91 Å². The Kier molecular flexibility index (Phi) is 4.26. The molecule has 0 unspecified atom stereocenters. The van der Waals surface area contributed by atoms with Crippen molar-refractivity contribution in [2.75, 3.05) is 0 Å². The summed E-state index contributed by atoms with van der Waals surface area (Å²) in [6.07, 6.45) is 1.63. The molecule has 0 aliphatic heterocycles. The number of hydrazone groups is 1. The zero-order valence-electron chi connectivity index (χ0n) is 14.7. The topological polar surface area (TPSA) is 74.6 Å². The van der Waals surface area contributed by atoms with Crippen LogP contribution in [0, 0.1) is 0 Å². The first-order valence-corrected chi connectivity index (χ1v) is 8.54. The fourth-order valence-corrected chi connectivity index (χ4v) is 3.15. The Labute approximate surface area is 156 Å². The van der Waals surface area contributed by atoms with Crippen molar-refractivity contribution in [1.29, 1.82) is 0 Å². The number of benzene rings is 3. The largest absolute Gasteiger partial charge is 0.506 e. The molecule has 0 atom stereocenters. The van der Waals surface area contributed by atoms with E-state index in [-0.39, 0.29) is 11.7 Å². The number of hydrogen-bond acceptors (Lipinski definition) is 4. The fraction of sp³-hybridized carbons (Fsp3) is 0.0455. The zero-order chi connectivity index (χ0) is 18.8. The maximum absolute atomic E-state index is 12.6. The molecule has 1 amide bonds. The van der Waals surface area contributed by atoms with Crippen LogP contribution in [-0.4, -0.2) is 21.7 Å². The van der Waals surface area contributed by atoms with E-state index in [0.29, 0.717) is 16.8 Å². The summed E-state index contributed by atoms with van der Waals surface area (Å²) in [5, 5.41) is 16.9. The van der Waals surface area contributed by atoms with E-state index in [1.54, 1.807) is 30.5 Å². The smallest absolute Gasteiger partial charge is 0.272 e. The van der Waals surface area contributed by atoms with Crippen LogP contribution in [0.1, 0.15) is 22.8 Å². The minimum atomic E-state index is -0.271. The fourth-order valence-electron chi connectivity index (χ4n) is 3.15. The number of carbonyl (C=O) groups excluding carboxylic acids is 1. The predicted molar refractivity (Wildman–Crippen MR) is 107 cm³/mol. The van der Waals surface area contributed by atoms with Gasteiger partial charge in [-0.3, -0.25) is 9.78 Å². The van der Waals surface area contributed by atoms with Gasteiger partial charge in [0, 0.05) is 22.7 Å². The van der Waals surface area contributed by atoms with Crippen molar-refractivity contribution in [2.24, 2.45) is 5.10 Å². The Morgan fingerprint density at radius 1 is 0.926 bits per heavy atom. The van der Waals surface area contributed by atoms with E-state index in [0.717, 1.165) is 21.7 Å². The average molecular weight is 355 g/mol. The van der Waals surface area contributed by atoms with Crippen molar-refractivity contribution in [3.05, 3.63) is 84.1 Å². The van der Waals surface area contributed by atoms with E-state index in [2.05, 4.69) is 15.5 Å². The van der Waals surface area contributed by atoms with E-state index >= 15 is 0 Å². The summed E-state index contributed by atoms with van der Waals surface area (Å²) < 4.78 is 0. The quantitative estimate of drug-likeness (QED) is 0.426. The van der Waals surface area contributed by atoms with Crippen LogP contribution in [0.15, 0.2) is 78.0 Å². The molecular weight excluding hydrogens is 338 g/mol. The van der Waals surface area contributed by atoms with E-state index in [9.17, 15) is 9.90 Å². The monoisotopic (exact) mass is 355 g/mol. The second-order valence-electron chi connectivity index (χ2n) is 6.20. The highest BCUT2D eigenvalue weighted by Gasteiger charge is 2.11. The van der Waals surface area contributed by atoms with Gasteiger partial charge in [-0.2, -0.15) is 5.10 Å². The van der Waals surface area contributed by atoms with Gasteiger partial charge in [0.05, 0.1) is 5.71 Å². The third-order valence-electron chi connectivity index (χ3n) is 4.50. The molecule has 0 saturated heterocycles. The van der Waals surface area contributed by atoms with Gasteiger partial charge in [-0.15, -0.1) is 0 Å². The maximum atomic E-state index is 12.6. The first kappa shape index (κ1) is 16.7. The van der Waals surface area contributed by atoms with Gasteiger partial charge in [0.1, 0.15) is 11.3 Å². The lowest BCUT2D eigenvalue weighted by molar-refractivity contribution is 0.0956. The third-order valence-corrected chi connectivity index (χ3v) is 4.50. The lowest BCUT2D eigenvalue weighted by Crippen LogP contribution is -2.19. The molecule has 2 N–H and O–H groups in total. The first-order chi connectivity index (χ1) is 13.1. The number of carbonyl (C=O) groups is 1. The molecule has 27 heavy (non-hydrogen) atoms. The summed E-state index contributed by atoms with van der Waals surface area (Å²) >= 11 is 0. The standard InChI is InChI=1S/C22H17N3O2/c1-14(16-11-12-20(26)21-18(16)10-5-13-23-21)24-25-22(27)19-9-4-7-15-6-2-3-8-17(15)19/h2-13,26H,1H3,(H,25,27)/b24-14+. The minimum absolute atomic E-state index is 0.113. The Morgan fingerprint density at radius 3 is 2.59 bits per heavy atom. The van der Waals surface area contributed by atoms with Gasteiger partial charge in [-0.1, -0.05) is 42.5 Å².